The van der Waals surface area contributed by atoms with Gasteiger partial charge in [0, 0.05) is 17.2 Å². The number of halogens is 2. The van der Waals surface area contributed by atoms with E-state index in [9.17, 15) is 14.0 Å². The lowest BCUT2D eigenvalue weighted by molar-refractivity contribution is 0.0532. The van der Waals surface area contributed by atoms with E-state index in [4.69, 9.17) is 4.74 Å². The zero-order chi connectivity index (χ0) is 20.2. The molecule has 8 nitrogen and oxygen atoms in total. The molecule has 0 bridgehead atoms. The average Bonchev–Trinajstić information content (AvgIpc) is 2.90. The zero-order valence-corrected chi connectivity index (χ0v) is 17.1. The van der Waals surface area contributed by atoms with Crippen LogP contribution in [0.2, 0.25) is 0 Å². The van der Waals surface area contributed by atoms with E-state index in [1.807, 2.05) is 13.0 Å². The van der Waals surface area contributed by atoms with E-state index < -0.39 is 17.4 Å². The Bertz CT molecular complexity index is 914. The Morgan fingerprint density at radius 2 is 2.15 bits per heavy atom. The number of aromatic nitrogens is 4. The van der Waals surface area contributed by atoms with Crippen molar-refractivity contribution in [3.05, 3.63) is 51.0 Å². The Balaban J connectivity index is 2.10. The minimum absolute atomic E-state index is 0.111. The fourth-order valence-corrected chi connectivity index (χ4v) is 2.64. The highest BCUT2D eigenvalue weighted by molar-refractivity contribution is 9.10. The van der Waals surface area contributed by atoms with Gasteiger partial charge in [0.2, 0.25) is 0 Å². The molecule has 0 saturated carbocycles. The summed E-state index contributed by atoms with van der Waals surface area (Å²) >= 11 is 3.32. The first kappa shape index (κ1) is 20.8. The number of amides is 1. The molecule has 0 spiro atoms. The third-order valence-electron chi connectivity index (χ3n) is 3.34. The highest BCUT2D eigenvalue weighted by Crippen LogP contribution is 2.15. The van der Waals surface area contributed by atoms with Gasteiger partial charge in [-0.3, -0.25) is 0 Å². The van der Waals surface area contributed by atoms with Crippen molar-refractivity contribution >= 4 is 22.0 Å². The summed E-state index contributed by atoms with van der Waals surface area (Å²) in [5, 5.41) is 6.44. The van der Waals surface area contributed by atoms with Crippen LogP contribution in [-0.4, -0.2) is 37.6 Å². The second-order valence-corrected chi connectivity index (χ2v) is 7.77. The Morgan fingerprint density at radius 1 is 1.44 bits per heavy atom. The number of carbonyl (C=O) groups is 1. The van der Waals surface area contributed by atoms with E-state index >= 15 is 0 Å². The molecular weight excluding hydrogens is 421 g/mol. The van der Waals surface area contributed by atoms with Gasteiger partial charge in [-0.05, 0) is 60.8 Å². The van der Waals surface area contributed by atoms with E-state index in [0.717, 1.165) is 14.7 Å². The Morgan fingerprint density at radius 3 is 2.74 bits per heavy atom. The van der Waals surface area contributed by atoms with Crippen LogP contribution in [0.25, 0.3) is 5.82 Å². The fourth-order valence-electron chi connectivity index (χ4n) is 2.20. The molecule has 0 aliphatic rings. The fraction of sp³-hybridized carbons (Fsp3) is 0.412. The molecule has 2 aromatic rings. The van der Waals surface area contributed by atoms with Gasteiger partial charge < -0.3 is 10.1 Å². The van der Waals surface area contributed by atoms with Crippen LogP contribution in [0.4, 0.5) is 9.18 Å². The molecule has 0 aliphatic heterocycles. The van der Waals surface area contributed by atoms with Gasteiger partial charge in [0.25, 0.3) is 0 Å². The van der Waals surface area contributed by atoms with Gasteiger partial charge in [0.15, 0.2) is 0 Å². The molecule has 0 fully saturated rings. The van der Waals surface area contributed by atoms with Gasteiger partial charge in [-0.15, -0.1) is 0 Å². The zero-order valence-electron chi connectivity index (χ0n) is 15.5. The number of hydrogen-bond donors (Lipinski definition) is 1. The molecule has 146 valence electrons. The van der Waals surface area contributed by atoms with E-state index in [-0.39, 0.29) is 18.7 Å². The van der Waals surface area contributed by atoms with Gasteiger partial charge in [0.05, 0.1) is 12.9 Å². The van der Waals surface area contributed by atoms with Crippen LogP contribution in [0.1, 0.15) is 26.3 Å². The maximum Gasteiger partial charge on any atom is 0.407 e. The van der Waals surface area contributed by atoms with Crippen molar-refractivity contribution in [2.45, 2.75) is 39.8 Å². The summed E-state index contributed by atoms with van der Waals surface area (Å²) in [5.41, 5.74) is -0.188. The quantitative estimate of drug-likeness (QED) is 0.769. The Labute approximate surface area is 164 Å². The minimum atomic E-state index is -0.672. The van der Waals surface area contributed by atoms with Crippen LogP contribution in [-0.2, 0) is 11.3 Å². The van der Waals surface area contributed by atoms with E-state index in [0.29, 0.717) is 12.1 Å². The normalized spacial score (nSPS) is 12.1. The molecule has 0 saturated heterocycles. The minimum Gasteiger partial charge on any atom is -0.444 e. The molecule has 2 rings (SSSR count). The molecule has 2 heterocycles. The predicted molar refractivity (Wildman–Crippen MR) is 101 cm³/mol. The number of ether oxygens (including phenoxy) is 1. The molecule has 1 N–H and O–H groups in total. The van der Waals surface area contributed by atoms with Gasteiger partial charge in [0.1, 0.15) is 17.7 Å². The summed E-state index contributed by atoms with van der Waals surface area (Å²) in [5.74, 6) is 0.437. The van der Waals surface area contributed by atoms with Crippen molar-refractivity contribution in [1.82, 2.24) is 24.6 Å². The second kappa shape index (κ2) is 8.47. The highest BCUT2D eigenvalue weighted by Gasteiger charge is 2.17. The van der Waals surface area contributed by atoms with Gasteiger partial charge in [-0.2, -0.15) is 5.10 Å². The summed E-state index contributed by atoms with van der Waals surface area (Å²) in [6.07, 6.45) is 2.56. The standard InChI is InChI=1S/C17H21BrFN5O3/c1-11-5-13(18)8-20-14(11)23-10-22-24(16(23)26)9-12(6-19)7-21-15(25)27-17(2,3)4/h5-6,8,10H,7,9H2,1-4H3,(H,21,25)/b12-6-. The van der Waals surface area contributed by atoms with Crippen LogP contribution >= 0.6 is 15.9 Å². The lowest BCUT2D eigenvalue weighted by Crippen LogP contribution is -2.34. The van der Waals surface area contributed by atoms with E-state index in [2.05, 4.69) is 31.3 Å². The molecule has 27 heavy (non-hydrogen) atoms. The molecule has 0 unspecified atom stereocenters. The number of aryl methyl sites for hydroxylation is 1. The van der Waals surface area contributed by atoms with Crippen molar-refractivity contribution in [3.63, 3.8) is 0 Å². The van der Waals surface area contributed by atoms with Crippen molar-refractivity contribution in [2.75, 3.05) is 6.54 Å². The second-order valence-electron chi connectivity index (χ2n) is 6.86. The molecule has 1 amide bonds. The Hall–Kier alpha value is -2.49. The first-order chi connectivity index (χ1) is 12.6. The third-order valence-corrected chi connectivity index (χ3v) is 3.78. The first-order valence-corrected chi connectivity index (χ1v) is 8.92. The van der Waals surface area contributed by atoms with Crippen LogP contribution in [0.3, 0.4) is 0 Å². The molecule has 0 aliphatic carbocycles. The molecule has 10 heteroatoms. The van der Waals surface area contributed by atoms with Crippen LogP contribution in [0, 0.1) is 6.92 Å². The van der Waals surface area contributed by atoms with Gasteiger partial charge in [-0.1, -0.05) is 0 Å². The van der Waals surface area contributed by atoms with E-state index in [1.54, 1.807) is 27.0 Å². The number of carbonyl (C=O) groups excluding carboxylic acids is 1. The maximum atomic E-state index is 13.2. The molecule has 2 aromatic heterocycles. The van der Waals surface area contributed by atoms with E-state index in [1.165, 1.54) is 10.9 Å². The monoisotopic (exact) mass is 441 g/mol. The van der Waals surface area contributed by atoms with Crippen LogP contribution in [0.15, 0.2) is 39.8 Å². The highest BCUT2D eigenvalue weighted by atomic mass is 79.9. The summed E-state index contributed by atoms with van der Waals surface area (Å²) in [7, 11) is 0. The van der Waals surface area contributed by atoms with Crippen LogP contribution < -0.4 is 11.0 Å². The largest absolute Gasteiger partial charge is 0.444 e. The van der Waals surface area contributed by atoms with Crippen molar-refractivity contribution in [1.29, 1.82) is 0 Å². The van der Waals surface area contributed by atoms with Crippen LogP contribution in [0.5, 0.6) is 0 Å². The average molecular weight is 442 g/mol. The maximum absolute atomic E-state index is 13.2. The number of hydrogen-bond acceptors (Lipinski definition) is 5. The number of alkyl carbamates (subject to hydrolysis) is 1. The lowest BCUT2D eigenvalue weighted by atomic mass is 10.2. The predicted octanol–water partition coefficient (Wildman–Crippen LogP) is 2.88. The number of pyridine rings is 1. The number of rotatable bonds is 5. The molecule has 0 atom stereocenters. The molecular formula is C17H21BrFN5O3. The smallest absolute Gasteiger partial charge is 0.407 e. The summed E-state index contributed by atoms with van der Waals surface area (Å²) in [6, 6.07) is 1.82. The number of nitrogens with zero attached hydrogens (tertiary/aromatic N) is 4. The summed E-state index contributed by atoms with van der Waals surface area (Å²) in [4.78, 5) is 28.4. The Kier molecular flexibility index (Phi) is 6.53. The van der Waals surface area contributed by atoms with Gasteiger partial charge in [-0.25, -0.2) is 28.2 Å². The van der Waals surface area contributed by atoms with Crippen molar-refractivity contribution < 1.29 is 13.9 Å². The topological polar surface area (TPSA) is 91.0 Å². The summed E-state index contributed by atoms with van der Waals surface area (Å²) < 4.78 is 21.4. The lowest BCUT2D eigenvalue weighted by Gasteiger charge is -2.19. The molecule has 0 radical (unpaired) electrons. The summed E-state index contributed by atoms with van der Waals surface area (Å²) in [6.45, 7) is 6.76. The third kappa shape index (κ3) is 5.75. The SMILES string of the molecule is Cc1cc(Br)cnc1-n1cnn(C/C(=C\F)CNC(=O)OC(C)(C)C)c1=O. The number of nitrogens with one attached hydrogen (secondary N) is 1. The van der Waals surface area contributed by atoms with Gasteiger partial charge >= 0.3 is 11.8 Å². The first-order valence-electron chi connectivity index (χ1n) is 8.12. The molecule has 0 aromatic carbocycles. The van der Waals surface area contributed by atoms with Crippen molar-refractivity contribution in [2.24, 2.45) is 0 Å². The van der Waals surface area contributed by atoms with Crippen molar-refractivity contribution in [3.8, 4) is 5.82 Å².